The number of nitrogens with zero attached hydrogens (tertiary/aromatic N) is 4. The van der Waals surface area contributed by atoms with Gasteiger partial charge in [0.15, 0.2) is 0 Å². The van der Waals surface area contributed by atoms with Crippen molar-refractivity contribution in [2.24, 2.45) is 0 Å². The minimum Gasteiger partial charge on any atom is -0.465 e. The highest BCUT2D eigenvalue weighted by molar-refractivity contribution is 5.98. The number of hydrogen-bond acceptors (Lipinski definition) is 6. The highest BCUT2D eigenvalue weighted by atomic mass is 16.4. The zero-order valence-corrected chi connectivity index (χ0v) is 14.3. The SMILES string of the molecule is CC(O)C(NC(=O)O)C(=O)N1CCCC12CN(Cc1ncccn1)C2=O. The Bertz CT molecular complexity index is 712. The van der Waals surface area contributed by atoms with E-state index in [9.17, 15) is 19.5 Å². The van der Waals surface area contributed by atoms with Crippen molar-refractivity contribution in [3.05, 3.63) is 24.3 Å². The smallest absolute Gasteiger partial charge is 0.405 e. The lowest BCUT2D eigenvalue weighted by molar-refractivity contribution is -0.170. The van der Waals surface area contributed by atoms with Gasteiger partial charge in [0.2, 0.25) is 5.91 Å². The van der Waals surface area contributed by atoms with E-state index in [2.05, 4.69) is 9.97 Å². The molecule has 10 heteroatoms. The van der Waals surface area contributed by atoms with Crippen molar-refractivity contribution >= 4 is 17.9 Å². The first-order chi connectivity index (χ1) is 12.3. The minimum absolute atomic E-state index is 0.199. The van der Waals surface area contributed by atoms with Crippen LogP contribution in [-0.4, -0.2) is 78.7 Å². The molecule has 0 bridgehead atoms. The van der Waals surface area contributed by atoms with Gasteiger partial charge in [-0.15, -0.1) is 0 Å². The summed E-state index contributed by atoms with van der Waals surface area (Å²) in [5.74, 6) is -0.264. The summed E-state index contributed by atoms with van der Waals surface area (Å²) in [5, 5.41) is 20.7. The van der Waals surface area contributed by atoms with Crippen molar-refractivity contribution in [1.29, 1.82) is 0 Å². The molecule has 140 valence electrons. The highest BCUT2D eigenvalue weighted by Crippen LogP contribution is 2.39. The summed E-state index contributed by atoms with van der Waals surface area (Å²) in [6, 6.07) is 0.383. The number of aliphatic hydroxyl groups excluding tert-OH is 1. The number of rotatable bonds is 5. The van der Waals surface area contributed by atoms with Crippen molar-refractivity contribution in [2.45, 2.75) is 44.0 Å². The van der Waals surface area contributed by atoms with Crippen LogP contribution in [-0.2, 0) is 16.1 Å². The molecule has 0 saturated carbocycles. The Kier molecular flexibility index (Phi) is 4.77. The Labute approximate surface area is 149 Å². The van der Waals surface area contributed by atoms with Crippen molar-refractivity contribution in [1.82, 2.24) is 25.1 Å². The fourth-order valence-corrected chi connectivity index (χ4v) is 3.64. The van der Waals surface area contributed by atoms with Gasteiger partial charge in [-0.25, -0.2) is 14.8 Å². The number of aliphatic hydroxyl groups is 1. The highest BCUT2D eigenvalue weighted by Gasteiger charge is 2.60. The van der Waals surface area contributed by atoms with Crippen molar-refractivity contribution in [3.63, 3.8) is 0 Å². The molecule has 1 spiro atoms. The maximum atomic E-state index is 12.8. The maximum absolute atomic E-state index is 12.8. The lowest BCUT2D eigenvalue weighted by atomic mass is 9.85. The average molecular weight is 363 g/mol. The second-order valence-corrected chi connectivity index (χ2v) is 6.62. The van der Waals surface area contributed by atoms with E-state index >= 15 is 0 Å². The normalized spacial score (nSPS) is 24.3. The van der Waals surface area contributed by atoms with E-state index in [1.807, 2.05) is 5.32 Å². The molecule has 3 heterocycles. The molecule has 0 radical (unpaired) electrons. The van der Waals surface area contributed by atoms with Crippen molar-refractivity contribution < 1.29 is 24.6 Å². The maximum Gasteiger partial charge on any atom is 0.405 e. The number of aromatic nitrogens is 2. The van der Waals surface area contributed by atoms with Crippen molar-refractivity contribution in [3.8, 4) is 0 Å². The number of carboxylic acid groups (broad SMARTS) is 1. The summed E-state index contributed by atoms with van der Waals surface area (Å²) in [6.07, 6.45) is 1.74. The minimum atomic E-state index is -1.40. The largest absolute Gasteiger partial charge is 0.465 e. The molecule has 0 aliphatic carbocycles. The standard InChI is InChI=1S/C16H21N5O5/c1-10(22)12(19-15(25)26)13(23)21-7-2-4-16(21)9-20(14(16)24)8-11-17-5-3-6-18-11/h3,5-6,10,12,19,22H,2,4,7-9H2,1H3,(H,25,26). The molecular weight excluding hydrogens is 342 g/mol. The molecular formula is C16H21N5O5. The van der Waals surface area contributed by atoms with Crippen LogP contribution in [0.15, 0.2) is 18.5 Å². The zero-order valence-electron chi connectivity index (χ0n) is 14.3. The molecule has 2 saturated heterocycles. The molecule has 3 atom stereocenters. The van der Waals surface area contributed by atoms with Crippen LogP contribution in [0.3, 0.4) is 0 Å². The van der Waals surface area contributed by atoms with Crippen LogP contribution >= 0.6 is 0 Å². The topological polar surface area (TPSA) is 136 Å². The Hall–Kier alpha value is -2.75. The van der Waals surface area contributed by atoms with Crippen LogP contribution in [0, 0.1) is 0 Å². The van der Waals surface area contributed by atoms with Gasteiger partial charge in [-0.2, -0.15) is 0 Å². The monoisotopic (exact) mass is 363 g/mol. The van der Waals surface area contributed by atoms with Gasteiger partial charge in [0, 0.05) is 18.9 Å². The molecule has 3 rings (SSSR count). The average Bonchev–Trinajstić information content (AvgIpc) is 3.05. The molecule has 3 unspecified atom stereocenters. The summed E-state index contributed by atoms with van der Waals surface area (Å²) in [4.78, 5) is 47.7. The summed E-state index contributed by atoms with van der Waals surface area (Å²) in [7, 11) is 0. The first kappa shape index (κ1) is 18.1. The zero-order chi connectivity index (χ0) is 18.9. The molecule has 3 amide bonds. The van der Waals surface area contributed by atoms with Crippen molar-refractivity contribution in [2.75, 3.05) is 13.1 Å². The number of likely N-dealkylation sites (tertiary alicyclic amines) is 2. The molecule has 0 aromatic carbocycles. The van der Waals surface area contributed by atoms with Gasteiger partial charge in [0.05, 0.1) is 19.2 Å². The van der Waals surface area contributed by atoms with Gasteiger partial charge >= 0.3 is 6.09 Å². The fraction of sp³-hybridized carbons (Fsp3) is 0.562. The number of nitrogens with one attached hydrogen (secondary N) is 1. The molecule has 2 fully saturated rings. The Morgan fingerprint density at radius 1 is 1.38 bits per heavy atom. The lowest BCUT2D eigenvalue weighted by Gasteiger charge is -2.51. The van der Waals surface area contributed by atoms with E-state index in [0.29, 0.717) is 31.8 Å². The van der Waals surface area contributed by atoms with Gasteiger partial charge in [0.25, 0.3) is 5.91 Å². The molecule has 2 aliphatic rings. The Morgan fingerprint density at radius 3 is 2.65 bits per heavy atom. The summed E-state index contributed by atoms with van der Waals surface area (Å²) < 4.78 is 0. The number of carbonyl (C=O) groups is 3. The van der Waals surface area contributed by atoms with E-state index in [1.165, 1.54) is 11.8 Å². The van der Waals surface area contributed by atoms with Crippen LogP contribution in [0.1, 0.15) is 25.6 Å². The molecule has 1 aromatic rings. The van der Waals surface area contributed by atoms with E-state index in [-0.39, 0.29) is 12.5 Å². The molecule has 2 aliphatic heterocycles. The first-order valence-electron chi connectivity index (χ1n) is 8.39. The van der Waals surface area contributed by atoms with Gasteiger partial charge in [0.1, 0.15) is 17.4 Å². The van der Waals surface area contributed by atoms with Gasteiger partial charge < -0.3 is 25.3 Å². The molecule has 10 nitrogen and oxygen atoms in total. The number of carbonyl (C=O) groups excluding carboxylic acids is 2. The van der Waals surface area contributed by atoms with Gasteiger partial charge in [-0.3, -0.25) is 9.59 Å². The quantitative estimate of drug-likeness (QED) is 0.583. The Morgan fingerprint density at radius 2 is 2.08 bits per heavy atom. The second kappa shape index (κ2) is 6.87. The van der Waals surface area contributed by atoms with Gasteiger partial charge in [-0.05, 0) is 25.8 Å². The van der Waals surface area contributed by atoms with Crippen LogP contribution in [0.4, 0.5) is 4.79 Å². The third-order valence-electron chi connectivity index (χ3n) is 4.87. The van der Waals surface area contributed by atoms with Crippen LogP contribution in [0.5, 0.6) is 0 Å². The predicted octanol–water partition coefficient (Wildman–Crippen LogP) is -0.803. The molecule has 26 heavy (non-hydrogen) atoms. The molecule has 1 aromatic heterocycles. The van der Waals surface area contributed by atoms with E-state index < -0.39 is 29.7 Å². The van der Waals surface area contributed by atoms with Gasteiger partial charge in [-0.1, -0.05) is 0 Å². The van der Waals surface area contributed by atoms with Crippen LogP contribution in [0.25, 0.3) is 0 Å². The first-order valence-corrected chi connectivity index (χ1v) is 8.39. The summed E-state index contributed by atoms with van der Waals surface area (Å²) in [5.41, 5.74) is -0.959. The number of β-lactam (4-membered cyclic amide) rings is 1. The van der Waals surface area contributed by atoms with Crippen LogP contribution in [0.2, 0.25) is 0 Å². The third-order valence-corrected chi connectivity index (χ3v) is 4.87. The fourth-order valence-electron chi connectivity index (χ4n) is 3.64. The van der Waals surface area contributed by atoms with E-state index in [0.717, 1.165) is 0 Å². The Balaban J connectivity index is 1.73. The predicted molar refractivity (Wildman–Crippen MR) is 87.8 cm³/mol. The third kappa shape index (κ3) is 3.07. The second-order valence-electron chi connectivity index (χ2n) is 6.62. The molecule has 3 N–H and O–H groups in total. The van der Waals surface area contributed by atoms with E-state index in [1.54, 1.807) is 23.4 Å². The summed E-state index contributed by atoms with van der Waals surface area (Å²) in [6.45, 7) is 2.29. The lowest BCUT2D eigenvalue weighted by Crippen LogP contribution is -2.74. The van der Waals surface area contributed by atoms with Crippen LogP contribution < -0.4 is 5.32 Å². The van der Waals surface area contributed by atoms with E-state index in [4.69, 9.17) is 5.11 Å². The number of hydrogen-bond donors (Lipinski definition) is 3. The summed E-state index contributed by atoms with van der Waals surface area (Å²) >= 11 is 0. The number of amides is 3.